The number of nitrogens with two attached hydrogens (primary N) is 1. The lowest BCUT2D eigenvalue weighted by molar-refractivity contribution is -0.162. The first-order valence-electron chi connectivity index (χ1n) is 4.47. The van der Waals surface area contributed by atoms with Crippen LogP contribution < -0.4 is 5.73 Å². The normalized spacial score (nSPS) is 13.7. The molecule has 0 aliphatic heterocycles. The van der Waals surface area contributed by atoms with E-state index in [1.807, 2.05) is 0 Å². The first-order valence-corrected chi connectivity index (χ1v) is 4.47. The fourth-order valence-electron chi connectivity index (χ4n) is 1.03. The molecule has 0 aromatic carbocycles. The van der Waals surface area contributed by atoms with Crippen molar-refractivity contribution in [2.75, 3.05) is 19.7 Å². The van der Waals surface area contributed by atoms with Crippen LogP contribution >= 0.6 is 0 Å². The van der Waals surface area contributed by atoms with Gasteiger partial charge in [0.15, 0.2) is 0 Å². The molecule has 0 saturated carbocycles. The van der Waals surface area contributed by atoms with Crippen LogP contribution in [-0.4, -0.2) is 47.8 Å². The van der Waals surface area contributed by atoms with Crippen LogP contribution in [0.4, 0.5) is 13.2 Å². The van der Waals surface area contributed by atoms with E-state index in [4.69, 9.17) is 10.8 Å². The van der Waals surface area contributed by atoms with Gasteiger partial charge in [-0.1, -0.05) is 0 Å². The Balaban J connectivity index is 4.31. The monoisotopic (exact) mass is 228 g/mol. The summed E-state index contributed by atoms with van der Waals surface area (Å²) in [6.45, 7) is -0.645. The molecule has 90 valence electrons. The lowest BCUT2D eigenvalue weighted by Crippen LogP contribution is -2.42. The van der Waals surface area contributed by atoms with E-state index < -0.39 is 31.3 Å². The summed E-state index contributed by atoms with van der Waals surface area (Å²) >= 11 is 0. The number of halogens is 3. The summed E-state index contributed by atoms with van der Waals surface area (Å²) in [6.07, 6.45) is -4.61. The Morgan fingerprint density at radius 3 is 2.40 bits per heavy atom. The van der Waals surface area contributed by atoms with E-state index in [1.54, 1.807) is 0 Å². The molecule has 0 radical (unpaired) electrons. The highest BCUT2D eigenvalue weighted by atomic mass is 19.4. The Labute approximate surface area is 85.8 Å². The molecule has 0 bridgehead atoms. The third-order valence-electron chi connectivity index (χ3n) is 1.59. The Kier molecular flexibility index (Phi) is 5.59. The van der Waals surface area contributed by atoms with Gasteiger partial charge in [-0.3, -0.25) is 4.79 Å². The van der Waals surface area contributed by atoms with Crippen LogP contribution in [-0.2, 0) is 4.79 Å². The predicted molar refractivity (Wildman–Crippen MR) is 48.0 cm³/mol. The van der Waals surface area contributed by atoms with Crippen molar-refractivity contribution in [3.05, 3.63) is 0 Å². The number of carbonyl (C=O) groups is 1. The van der Waals surface area contributed by atoms with E-state index in [9.17, 15) is 18.0 Å². The van der Waals surface area contributed by atoms with E-state index in [-0.39, 0.29) is 13.0 Å². The van der Waals surface area contributed by atoms with Crippen LogP contribution in [0.3, 0.4) is 0 Å². The lowest BCUT2D eigenvalue weighted by Gasteiger charge is -2.23. The van der Waals surface area contributed by atoms with Crippen molar-refractivity contribution in [2.24, 2.45) is 5.73 Å². The quantitative estimate of drug-likeness (QED) is 0.701. The number of aliphatic hydroxyl groups is 1. The van der Waals surface area contributed by atoms with Crippen LogP contribution in [0.5, 0.6) is 0 Å². The molecular formula is C8H15F3N2O2. The molecule has 15 heavy (non-hydrogen) atoms. The predicted octanol–water partition coefficient (Wildman–Crippen LogP) is 0.107. The lowest BCUT2D eigenvalue weighted by atomic mass is 10.2. The van der Waals surface area contributed by atoms with E-state index in [0.717, 1.165) is 0 Å². The molecule has 0 fully saturated rings. The second kappa shape index (κ2) is 5.92. The Hall–Kier alpha value is -0.820. The summed E-state index contributed by atoms with van der Waals surface area (Å²) in [5.74, 6) is -0.698. The van der Waals surface area contributed by atoms with Gasteiger partial charge in [-0.15, -0.1) is 0 Å². The minimum atomic E-state index is -4.46. The first kappa shape index (κ1) is 14.2. The Morgan fingerprint density at radius 2 is 2.07 bits per heavy atom. The molecule has 1 amide bonds. The van der Waals surface area contributed by atoms with Crippen LogP contribution in [0, 0.1) is 0 Å². The van der Waals surface area contributed by atoms with Crippen molar-refractivity contribution in [2.45, 2.75) is 25.6 Å². The van der Waals surface area contributed by atoms with Crippen LogP contribution in [0.15, 0.2) is 0 Å². The van der Waals surface area contributed by atoms with Gasteiger partial charge in [-0.05, 0) is 6.92 Å². The second-order valence-electron chi connectivity index (χ2n) is 3.34. The Morgan fingerprint density at radius 1 is 1.53 bits per heavy atom. The van der Waals surface area contributed by atoms with Crippen molar-refractivity contribution >= 4 is 5.91 Å². The van der Waals surface area contributed by atoms with Gasteiger partial charge in [0.05, 0.1) is 6.61 Å². The molecule has 0 heterocycles. The molecule has 0 rings (SSSR count). The SMILES string of the molecule is CC(N)CC(=O)N(CCO)CC(F)(F)F. The zero-order chi connectivity index (χ0) is 12.1. The topological polar surface area (TPSA) is 66.6 Å². The molecule has 0 aromatic heterocycles. The van der Waals surface area contributed by atoms with Gasteiger partial charge in [0.1, 0.15) is 6.54 Å². The highest BCUT2D eigenvalue weighted by Crippen LogP contribution is 2.16. The molecule has 0 aliphatic rings. The van der Waals surface area contributed by atoms with Gasteiger partial charge in [-0.25, -0.2) is 0 Å². The molecule has 1 unspecified atom stereocenters. The number of hydrogen-bond acceptors (Lipinski definition) is 3. The highest BCUT2D eigenvalue weighted by molar-refractivity contribution is 5.76. The van der Waals surface area contributed by atoms with Crippen molar-refractivity contribution in [3.8, 4) is 0 Å². The molecule has 0 spiro atoms. The number of rotatable bonds is 5. The van der Waals surface area contributed by atoms with Crippen molar-refractivity contribution in [1.29, 1.82) is 0 Å². The molecule has 3 N–H and O–H groups in total. The number of nitrogens with zero attached hydrogens (tertiary/aromatic N) is 1. The van der Waals surface area contributed by atoms with Gasteiger partial charge in [0.25, 0.3) is 0 Å². The maximum absolute atomic E-state index is 12.0. The summed E-state index contributed by atoms with van der Waals surface area (Å²) in [5.41, 5.74) is 5.30. The fraction of sp³-hybridized carbons (Fsp3) is 0.875. The van der Waals surface area contributed by atoms with Crippen molar-refractivity contribution in [3.63, 3.8) is 0 Å². The van der Waals surface area contributed by atoms with Crippen LogP contribution in [0.1, 0.15) is 13.3 Å². The van der Waals surface area contributed by atoms with E-state index in [2.05, 4.69) is 0 Å². The molecular weight excluding hydrogens is 213 g/mol. The largest absolute Gasteiger partial charge is 0.406 e. The molecule has 0 aromatic rings. The maximum atomic E-state index is 12.0. The number of alkyl halides is 3. The summed E-state index contributed by atoms with van der Waals surface area (Å²) in [5, 5.41) is 8.52. The summed E-state index contributed by atoms with van der Waals surface area (Å²) in [6, 6.07) is -0.494. The number of carbonyl (C=O) groups excluding carboxylic acids is 1. The molecule has 0 saturated heterocycles. The van der Waals surface area contributed by atoms with Gasteiger partial charge in [0.2, 0.25) is 5.91 Å². The minimum Gasteiger partial charge on any atom is -0.395 e. The smallest absolute Gasteiger partial charge is 0.395 e. The fourth-order valence-corrected chi connectivity index (χ4v) is 1.03. The first-order chi connectivity index (χ1) is 6.76. The van der Waals surface area contributed by atoms with E-state index >= 15 is 0 Å². The third kappa shape index (κ3) is 7.15. The van der Waals surface area contributed by atoms with Crippen molar-refractivity contribution < 1.29 is 23.1 Å². The maximum Gasteiger partial charge on any atom is 0.406 e. The summed E-state index contributed by atoms with van der Waals surface area (Å²) in [4.78, 5) is 11.8. The van der Waals surface area contributed by atoms with Crippen LogP contribution in [0.25, 0.3) is 0 Å². The average Bonchev–Trinajstić information content (AvgIpc) is 1.99. The van der Waals surface area contributed by atoms with Gasteiger partial charge in [0, 0.05) is 19.0 Å². The van der Waals surface area contributed by atoms with Crippen molar-refractivity contribution in [1.82, 2.24) is 4.90 Å². The molecule has 1 atom stereocenters. The van der Waals surface area contributed by atoms with Gasteiger partial charge in [-0.2, -0.15) is 13.2 Å². The average molecular weight is 228 g/mol. The molecule has 7 heteroatoms. The zero-order valence-corrected chi connectivity index (χ0v) is 8.42. The standard InChI is InChI=1S/C8H15F3N2O2/c1-6(12)4-7(15)13(2-3-14)5-8(9,10)11/h6,14H,2-5,12H2,1H3. The van der Waals surface area contributed by atoms with E-state index in [1.165, 1.54) is 6.92 Å². The van der Waals surface area contributed by atoms with Gasteiger partial charge >= 0.3 is 6.18 Å². The summed E-state index contributed by atoms with van der Waals surface area (Å²) < 4.78 is 36.1. The Bertz CT molecular complexity index is 207. The second-order valence-corrected chi connectivity index (χ2v) is 3.34. The number of aliphatic hydroxyl groups excluding tert-OH is 1. The number of hydrogen-bond donors (Lipinski definition) is 2. The minimum absolute atomic E-state index is 0.157. The van der Waals surface area contributed by atoms with E-state index in [0.29, 0.717) is 4.90 Å². The molecule has 0 aliphatic carbocycles. The zero-order valence-electron chi connectivity index (χ0n) is 8.42. The van der Waals surface area contributed by atoms with Crippen LogP contribution in [0.2, 0.25) is 0 Å². The van der Waals surface area contributed by atoms with Gasteiger partial charge < -0.3 is 15.7 Å². The highest BCUT2D eigenvalue weighted by Gasteiger charge is 2.32. The summed E-state index contributed by atoms with van der Waals surface area (Å²) in [7, 11) is 0. The number of amides is 1. The third-order valence-corrected chi connectivity index (χ3v) is 1.59. The molecule has 4 nitrogen and oxygen atoms in total.